The van der Waals surface area contributed by atoms with Crippen molar-refractivity contribution < 1.29 is 10.2 Å². The molecule has 1 aliphatic carbocycles. The molecule has 2 rings (SSSR count). The number of hydrogen-bond acceptors (Lipinski definition) is 2. The van der Waals surface area contributed by atoms with Gasteiger partial charge >= 0.3 is 0 Å². The number of nitrogens with zero attached hydrogens (tertiary/aromatic N) is 1. The van der Waals surface area contributed by atoms with Crippen molar-refractivity contribution in [2.75, 3.05) is 5.88 Å². The molecule has 1 aromatic heterocycles. The Morgan fingerprint density at radius 2 is 1.59 bits per heavy atom. The molecule has 4 heteroatoms. The maximum absolute atomic E-state index is 10.1. The van der Waals surface area contributed by atoms with Crippen LogP contribution in [0.15, 0.2) is 12.2 Å². The summed E-state index contributed by atoms with van der Waals surface area (Å²) in [5.74, 6) is 1.13. The highest BCUT2D eigenvalue weighted by Gasteiger charge is 2.21. The predicted molar refractivity (Wildman–Crippen MR) is 68.9 cm³/mol. The average Bonchev–Trinajstić information content (AvgIpc) is 2.60. The number of halogens is 1. The SMILES string of the molecule is Oc1c2c(c(O)n1CCCCCCl)CC=CC2. The van der Waals surface area contributed by atoms with Crippen LogP contribution in [0.25, 0.3) is 0 Å². The van der Waals surface area contributed by atoms with Crippen LogP contribution in [-0.4, -0.2) is 20.7 Å². The van der Waals surface area contributed by atoms with Crippen molar-refractivity contribution in [2.45, 2.75) is 38.6 Å². The van der Waals surface area contributed by atoms with Crippen LogP contribution in [-0.2, 0) is 19.4 Å². The molecule has 0 radical (unpaired) electrons. The van der Waals surface area contributed by atoms with Gasteiger partial charge in [-0.25, -0.2) is 0 Å². The van der Waals surface area contributed by atoms with Gasteiger partial charge in [-0.15, -0.1) is 11.6 Å². The highest BCUT2D eigenvalue weighted by atomic mass is 35.5. The molecule has 0 spiro atoms. The number of aromatic hydroxyl groups is 2. The summed E-state index contributed by atoms with van der Waals surface area (Å²) in [6, 6.07) is 0. The third kappa shape index (κ3) is 2.44. The summed E-state index contributed by atoms with van der Waals surface area (Å²) in [6.07, 6.45) is 8.40. The highest BCUT2D eigenvalue weighted by Crippen LogP contribution is 2.36. The number of fused-ring (bicyclic) bond motifs is 1. The normalized spacial score (nSPS) is 13.9. The Labute approximate surface area is 106 Å². The lowest BCUT2D eigenvalue weighted by Gasteiger charge is -2.06. The van der Waals surface area contributed by atoms with E-state index in [2.05, 4.69) is 0 Å². The quantitative estimate of drug-likeness (QED) is 0.483. The monoisotopic (exact) mass is 255 g/mol. The lowest BCUT2D eigenvalue weighted by molar-refractivity contribution is 0.360. The number of aromatic nitrogens is 1. The third-order valence-electron chi connectivity index (χ3n) is 3.24. The van der Waals surface area contributed by atoms with Gasteiger partial charge in [0, 0.05) is 23.6 Å². The topological polar surface area (TPSA) is 45.4 Å². The Morgan fingerprint density at radius 3 is 2.12 bits per heavy atom. The van der Waals surface area contributed by atoms with E-state index in [9.17, 15) is 10.2 Å². The van der Waals surface area contributed by atoms with Crippen LogP contribution < -0.4 is 0 Å². The molecule has 1 aliphatic rings. The number of allylic oxidation sites excluding steroid dienone is 2. The maximum Gasteiger partial charge on any atom is 0.197 e. The molecule has 0 amide bonds. The van der Waals surface area contributed by atoms with Gasteiger partial charge in [-0.1, -0.05) is 18.6 Å². The number of alkyl halides is 1. The van der Waals surface area contributed by atoms with Crippen LogP contribution in [0.1, 0.15) is 30.4 Å². The zero-order valence-electron chi connectivity index (χ0n) is 9.82. The van der Waals surface area contributed by atoms with Crippen LogP contribution >= 0.6 is 11.6 Å². The molecule has 3 nitrogen and oxygen atoms in total. The van der Waals surface area contributed by atoms with E-state index in [4.69, 9.17) is 11.6 Å². The molecule has 1 heterocycles. The number of hydrogen-bond donors (Lipinski definition) is 2. The van der Waals surface area contributed by atoms with Gasteiger partial charge in [0.25, 0.3) is 0 Å². The second kappa shape index (κ2) is 5.50. The van der Waals surface area contributed by atoms with E-state index in [0.29, 0.717) is 25.3 Å². The Hall–Kier alpha value is -1.09. The van der Waals surface area contributed by atoms with Gasteiger partial charge in [0.05, 0.1) is 0 Å². The second-order valence-corrected chi connectivity index (χ2v) is 4.76. The van der Waals surface area contributed by atoms with Crippen LogP contribution in [0.4, 0.5) is 0 Å². The fourth-order valence-electron chi connectivity index (χ4n) is 2.28. The summed E-state index contributed by atoms with van der Waals surface area (Å²) >= 11 is 5.61. The standard InChI is InChI=1S/C13H18ClNO2/c14-8-4-1-5-9-15-12(16)10-6-2-3-7-11(10)13(15)17/h2-3,16-17H,1,4-9H2. The van der Waals surface area contributed by atoms with E-state index in [1.165, 1.54) is 0 Å². The van der Waals surface area contributed by atoms with Crippen molar-refractivity contribution >= 4 is 11.6 Å². The van der Waals surface area contributed by atoms with Crippen molar-refractivity contribution in [1.82, 2.24) is 4.57 Å². The van der Waals surface area contributed by atoms with Gasteiger partial charge in [-0.2, -0.15) is 0 Å². The average molecular weight is 256 g/mol. The largest absolute Gasteiger partial charge is 0.494 e. The van der Waals surface area contributed by atoms with Crippen LogP contribution in [0.5, 0.6) is 11.8 Å². The van der Waals surface area contributed by atoms with Crippen molar-refractivity contribution in [3.63, 3.8) is 0 Å². The first-order valence-electron chi connectivity index (χ1n) is 6.08. The Kier molecular flexibility index (Phi) is 4.00. The van der Waals surface area contributed by atoms with E-state index in [1.54, 1.807) is 4.57 Å². The van der Waals surface area contributed by atoms with Gasteiger partial charge in [0.1, 0.15) is 0 Å². The molecule has 0 saturated carbocycles. The Morgan fingerprint density at radius 1 is 1.00 bits per heavy atom. The molecule has 0 unspecified atom stereocenters. The molecular formula is C13H18ClNO2. The first-order chi connectivity index (χ1) is 8.25. The molecule has 0 aliphatic heterocycles. The van der Waals surface area contributed by atoms with Gasteiger partial charge < -0.3 is 10.2 Å². The van der Waals surface area contributed by atoms with Gasteiger partial charge in [0.15, 0.2) is 11.8 Å². The summed E-state index contributed by atoms with van der Waals surface area (Å²) in [5.41, 5.74) is 1.75. The number of unbranched alkanes of at least 4 members (excludes halogenated alkanes) is 2. The summed E-state index contributed by atoms with van der Waals surface area (Å²) < 4.78 is 1.62. The van der Waals surface area contributed by atoms with Gasteiger partial charge in [0.2, 0.25) is 0 Å². The van der Waals surface area contributed by atoms with E-state index in [0.717, 1.165) is 30.4 Å². The molecule has 0 fully saturated rings. The molecule has 94 valence electrons. The summed E-state index contributed by atoms with van der Waals surface area (Å²) in [5, 5.41) is 20.1. The molecule has 1 aromatic rings. The number of rotatable bonds is 5. The predicted octanol–water partition coefficient (Wildman–Crippen LogP) is 2.96. The Balaban J connectivity index is 2.09. The molecule has 17 heavy (non-hydrogen) atoms. The van der Waals surface area contributed by atoms with Crippen molar-refractivity contribution in [3.8, 4) is 11.8 Å². The minimum Gasteiger partial charge on any atom is -0.494 e. The van der Waals surface area contributed by atoms with E-state index >= 15 is 0 Å². The smallest absolute Gasteiger partial charge is 0.197 e. The third-order valence-corrected chi connectivity index (χ3v) is 3.51. The lowest BCUT2D eigenvalue weighted by atomic mass is 10.0. The first kappa shape index (κ1) is 12.4. The summed E-state index contributed by atoms with van der Waals surface area (Å²) in [4.78, 5) is 0. The molecule has 0 saturated heterocycles. The second-order valence-electron chi connectivity index (χ2n) is 4.39. The molecular weight excluding hydrogens is 238 g/mol. The zero-order chi connectivity index (χ0) is 12.3. The van der Waals surface area contributed by atoms with E-state index in [1.807, 2.05) is 12.2 Å². The fourth-order valence-corrected chi connectivity index (χ4v) is 2.47. The lowest BCUT2D eigenvalue weighted by Crippen LogP contribution is -1.97. The fraction of sp³-hybridized carbons (Fsp3) is 0.538. The zero-order valence-corrected chi connectivity index (χ0v) is 10.6. The molecule has 0 bridgehead atoms. The van der Waals surface area contributed by atoms with Crippen LogP contribution in [0.3, 0.4) is 0 Å². The Bertz CT molecular complexity index is 392. The van der Waals surface area contributed by atoms with E-state index in [-0.39, 0.29) is 11.8 Å². The van der Waals surface area contributed by atoms with Crippen LogP contribution in [0.2, 0.25) is 0 Å². The van der Waals surface area contributed by atoms with Crippen molar-refractivity contribution in [3.05, 3.63) is 23.3 Å². The maximum atomic E-state index is 10.1. The molecule has 0 aromatic carbocycles. The van der Waals surface area contributed by atoms with Gasteiger partial charge in [-0.05, 0) is 25.7 Å². The summed E-state index contributed by atoms with van der Waals surface area (Å²) in [6.45, 7) is 0.654. The van der Waals surface area contributed by atoms with Crippen molar-refractivity contribution in [1.29, 1.82) is 0 Å². The minimum atomic E-state index is 0.229. The van der Waals surface area contributed by atoms with Gasteiger partial charge in [-0.3, -0.25) is 4.57 Å². The first-order valence-corrected chi connectivity index (χ1v) is 6.62. The highest BCUT2D eigenvalue weighted by molar-refractivity contribution is 6.17. The minimum absolute atomic E-state index is 0.229. The van der Waals surface area contributed by atoms with E-state index < -0.39 is 0 Å². The van der Waals surface area contributed by atoms with Crippen molar-refractivity contribution in [2.24, 2.45) is 0 Å². The molecule has 0 atom stereocenters. The summed E-state index contributed by atoms with van der Waals surface area (Å²) in [7, 11) is 0. The molecule has 2 N–H and O–H groups in total. The van der Waals surface area contributed by atoms with Crippen LogP contribution in [0, 0.1) is 0 Å².